The smallest absolute Gasteiger partial charge is 0.418 e. The highest BCUT2D eigenvalue weighted by molar-refractivity contribution is 5.88. The molecule has 4 heterocycles. The van der Waals surface area contributed by atoms with Crippen LogP contribution in [0.15, 0.2) is 78.4 Å². The second-order valence-corrected chi connectivity index (χ2v) is 9.35. The van der Waals surface area contributed by atoms with E-state index < -0.39 is 11.7 Å². The second-order valence-electron chi connectivity index (χ2n) is 9.35. The van der Waals surface area contributed by atoms with E-state index in [9.17, 15) is 13.2 Å². The lowest BCUT2D eigenvalue weighted by atomic mass is 10.0. The summed E-state index contributed by atoms with van der Waals surface area (Å²) < 4.78 is 58.2. The standard InChI is InChI=1S/C28H26F3N5O3/c1-17(2)13-37-15-23-34-26-19(10-11-21(33-26)25-20(28(29,30)31)9-6-12-32-25)27(35-23)36-24-16-38-14-22(39-24)18-7-4-3-5-8-18/h3-4,6-7,9-12,14,16-17H,5,8,13,15H2,1-2H3,(H,33,34,35,36). The number of halogens is 3. The van der Waals surface area contributed by atoms with E-state index in [-0.39, 0.29) is 29.5 Å². The van der Waals surface area contributed by atoms with Crippen LogP contribution < -0.4 is 5.32 Å². The summed E-state index contributed by atoms with van der Waals surface area (Å²) in [5.41, 5.74) is 0.0402. The van der Waals surface area contributed by atoms with Gasteiger partial charge in [0.2, 0.25) is 5.88 Å². The van der Waals surface area contributed by atoms with Crippen molar-refractivity contribution in [2.75, 3.05) is 11.9 Å². The van der Waals surface area contributed by atoms with Crippen molar-refractivity contribution in [3.8, 4) is 11.4 Å². The van der Waals surface area contributed by atoms with Gasteiger partial charge in [-0.1, -0.05) is 32.1 Å². The summed E-state index contributed by atoms with van der Waals surface area (Å²) in [5.74, 6) is 1.79. The molecule has 1 aliphatic heterocycles. The molecule has 39 heavy (non-hydrogen) atoms. The number of alkyl halides is 3. The number of rotatable bonds is 8. The number of allylic oxidation sites excluding steroid dienone is 4. The first-order valence-electron chi connectivity index (χ1n) is 12.4. The van der Waals surface area contributed by atoms with Crippen molar-refractivity contribution in [1.82, 2.24) is 19.9 Å². The van der Waals surface area contributed by atoms with Crippen molar-refractivity contribution in [2.45, 2.75) is 39.5 Å². The molecule has 5 rings (SSSR count). The first-order chi connectivity index (χ1) is 18.8. The second kappa shape index (κ2) is 11.2. The van der Waals surface area contributed by atoms with Crippen molar-refractivity contribution >= 4 is 16.9 Å². The average molecular weight is 538 g/mol. The fourth-order valence-electron chi connectivity index (χ4n) is 4.02. The minimum absolute atomic E-state index is 0.0353. The molecule has 2 aliphatic rings. The van der Waals surface area contributed by atoms with Crippen LogP contribution in [0.25, 0.3) is 22.4 Å². The van der Waals surface area contributed by atoms with Crippen LogP contribution in [0, 0.1) is 5.92 Å². The van der Waals surface area contributed by atoms with E-state index in [2.05, 4.69) is 31.3 Å². The molecule has 0 radical (unpaired) electrons. The molecular formula is C28H26F3N5O3. The van der Waals surface area contributed by atoms with Gasteiger partial charge in [-0.3, -0.25) is 4.98 Å². The molecule has 3 aromatic rings. The summed E-state index contributed by atoms with van der Waals surface area (Å²) in [6.07, 6.45) is 7.34. The van der Waals surface area contributed by atoms with Crippen LogP contribution in [-0.4, -0.2) is 26.5 Å². The molecule has 8 nitrogen and oxygen atoms in total. The van der Waals surface area contributed by atoms with Crippen molar-refractivity contribution in [1.29, 1.82) is 0 Å². The maximum atomic E-state index is 13.6. The molecule has 0 amide bonds. The molecule has 0 saturated carbocycles. The summed E-state index contributed by atoms with van der Waals surface area (Å²) >= 11 is 0. The Hall–Kier alpha value is -4.25. The molecule has 0 unspecified atom stereocenters. The molecule has 11 heteroatoms. The summed E-state index contributed by atoms with van der Waals surface area (Å²) in [4.78, 5) is 17.5. The van der Waals surface area contributed by atoms with Gasteiger partial charge in [-0.05, 0) is 48.6 Å². The maximum absolute atomic E-state index is 13.6. The number of nitrogens with one attached hydrogen (secondary N) is 1. The molecule has 1 N–H and O–H groups in total. The SMILES string of the molecule is CC(C)COCc1nc(NC2=COC=C(C3=CC=CCC3)O2)c2ccc(-c3ncccc3C(F)(F)F)nc2n1. The van der Waals surface area contributed by atoms with Crippen molar-refractivity contribution < 1.29 is 27.4 Å². The van der Waals surface area contributed by atoms with Crippen molar-refractivity contribution in [2.24, 2.45) is 5.92 Å². The van der Waals surface area contributed by atoms with Gasteiger partial charge in [-0.2, -0.15) is 13.2 Å². The van der Waals surface area contributed by atoms with Gasteiger partial charge in [0.1, 0.15) is 24.4 Å². The highest BCUT2D eigenvalue weighted by Gasteiger charge is 2.34. The Labute approximate surface area is 223 Å². The molecular weight excluding hydrogens is 511 g/mol. The third-order valence-electron chi connectivity index (χ3n) is 5.79. The van der Waals surface area contributed by atoms with Gasteiger partial charge in [-0.15, -0.1) is 0 Å². The summed E-state index contributed by atoms with van der Waals surface area (Å²) in [5, 5.41) is 3.58. The summed E-state index contributed by atoms with van der Waals surface area (Å²) in [6.45, 7) is 4.61. The van der Waals surface area contributed by atoms with Gasteiger partial charge >= 0.3 is 6.18 Å². The van der Waals surface area contributed by atoms with Crippen LogP contribution in [0.3, 0.4) is 0 Å². The molecule has 202 valence electrons. The van der Waals surface area contributed by atoms with E-state index in [1.165, 1.54) is 30.9 Å². The first-order valence-corrected chi connectivity index (χ1v) is 12.4. The Morgan fingerprint density at radius 2 is 1.97 bits per heavy atom. The lowest BCUT2D eigenvalue weighted by Gasteiger charge is -2.20. The molecule has 0 aromatic carbocycles. The number of pyridine rings is 2. The maximum Gasteiger partial charge on any atom is 0.418 e. The number of ether oxygens (including phenoxy) is 3. The van der Waals surface area contributed by atoms with E-state index >= 15 is 0 Å². The summed E-state index contributed by atoms with van der Waals surface area (Å²) in [7, 11) is 0. The van der Waals surface area contributed by atoms with Crippen LogP contribution in [0.5, 0.6) is 0 Å². The largest absolute Gasteiger partial charge is 0.463 e. The van der Waals surface area contributed by atoms with Gasteiger partial charge in [0.05, 0.1) is 16.6 Å². The number of anilines is 1. The molecule has 0 bridgehead atoms. The van der Waals surface area contributed by atoms with Crippen molar-refractivity contribution in [3.05, 3.63) is 89.8 Å². The average Bonchev–Trinajstić information content (AvgIpc) is 2.93. The van der Waals surface area contributed by atoms with Crippen LogP contribution >= 0.6 is 0 Å². The van der Waals surface area contributed by atoms with Gasteiger partial charge in [0.15, 0.2) is 23.5 Å². The predicted octanol–water partition coefficient (Wildman–Crippen LogP) is 6.65. The van der Waals surface area contributed by atoms with E-state index in [0.29, 0.717) is 35.3 Å². The number of nitrogens with zero attached hydrogens (tertiary/aromatic N) is 4. The minimum Gasteiger partial charge on any atom is -0.463 e. The van der Waals surface area contributed by atoms with Gasteiger partial charge < -0.3 is 19.5 Å². The quantitative estimate of drug-likeness (QED) is 0.341. The van der Waals surface area contributed by atoms with E-state index in [1.807, 2.05) is 26.0 Å². The third-order valence-corrected chi connectivity index (χ3v) is 5.79. The zero-order chi connectivity index (χ0) is 27.4. The van der Waals surface area contributed by atoms with Crippen LogP contribution in [-0.2, 0) is 27.0 Å². The molecule has 0 fully saturated rings. The number of fused-ring (bicyclic) bond motifs is 1. The number of aromatic nitrogens is 4. The lowest BCUT2D eigenvalue weighted by Crippen LogP contribution is -2.13. The van der Waals surface area contributed by atoms with E-state index in [4.69, 9.17) is 14.2 Å². The Bertz CT molecular complexity index is 1500. The number of hydrogen-bond acceptors (Lipinski definition) is 8. The minimum atomic E-state index is -4.59. The fourth-order valence-corrected chi connectivity index (χ4v) is 4.02. The van der Waals surface area contributed by atoms with Gasteiger partial charge in [0.25, 0.3) is 0 Å². The highest BCUT2D eigenvalue weighted by Crippen LogP contribution is 2.36. The third kappa shape index (κ3) is 6.26. The van der Waals surface area contributed by atoms with Crippen LogP contribution in [0.1, 0.15) is 38.1 Å². The normalized spacial score (nSPS) is 15.4. The first kappa shape index (κ1) is 26.4. The Balaban J connectivity index is 1.50. The zero-order valence-corrected chi connectivity index (χ0v) is 21.3. The molecule has 1 aliphatic carbocycles. The highest BCUT2D eigenvalue weighted by atomic mass is 19.4. The van der Waals surface area contributed by atoms with Crippen molar-refractivity contribution in [3.63, 3.8) is 0 Å². The van der Waals surface area contributed by atoms with E-state index in [1.54, 1.807) is 6.07 Å². The van der Waals surface area contributed by atoms with Crippen LogP contribution in [0.4, 0.5) is 19.0 Å². The zero-order valence-electron chi connectivity index (χ0n) is 21.3. The molecule has 0 saturated heterocycles. The Morgan fingerprint density at radius 3 is 2.74 bits per heavy atom. The van der Waals surface area contributed by atoms with E-state index in [0.717, 1.165) is 24.5 Å². The Kier molecular flexibility index (Phi) is 7.60. The van der Waals surface area contributed by atoms with Gasteiger partial charge in [0, 0.05) is 12.8 Å². The lowest BCUT2D eigenvalue weighted by molar-refractivity contribution is -0.137. The number of hydrogen-bond donors (Lipinski definition) is 1. The predicted molar refractivity (Wildman–Crippen MR) is 138 cm³/mol. The molecule has 0 atom stereocenters. The Morgan fingerprint density at radius 1 is 1.10 bits per heavy atom. The summed E-state index contributed by atoms with van der Waals surface area (Å²) in [6, 6.07) is 5.27. The fraction of sp³-hybridized carbons (Fsp3) is 0.286. The topological polar surface area (TPSA) is 91.3 Å². The monoisotopic (exact) mass is 537 g/mol. The van der Waals surface area contributed by atoms with Gasteiger partial charge in [-0.25, -0.2) is 15.0 Å². The van der Waals surface area contributed by atoms with Crippen LogP contribution in [0.2, 0.25) is 0 Å². The molecule has 3 aromatic heterocycles. The molecule has 0 spiro atoms.